The summed E-state index contributed by atoms with van der Waals surface area (Å²) in [6, 6.07) is 3.91. The lowest BCUT2D eigenvalue weighted by molar-refractivity contribution is -0.136. The summed E-state index contributed by atoms with van der Waals surface area (Å²) in [6.45, 7) is 15.7. The molecule has 3 fully saturated rings. The topological polar surface area (TPSA) is 43.9 Å². The molecule has 5 nitrogen and oxygen atoms in total. The van der Waals surface area contributed by atoms with Crippen LogP contribution >= 0.6 is 0 Å². The number of hydrogen-bond acceptors (Lipinski definition) is 3. The maximum Gasteiger partial charge on any atom is 0.223 e. The first-order valence-electron chi connectivity index (χ1n) is 15.2. The van der Waals surface area contributed by atoms with Gasteiger partial charge in [0.2, 0.25) is 12.3 Å². The maximum absolute atomic E-state index is 13.7. The van der Waals surface area contributed by atoms with Gasteiger partial charge in [0, 0.05) is 56.7 Å². The molecule has 1 aromatic rings. The first-order chi connectivity index (χ1) is 18.5. The fraction of sp³-hybridized carbons (Fsp3) is 0.750. The highest BCUT2D eigenvalue weighted by Crippen LogP contribution is 2.48. The zero-order valence-corrected chi connectivity index (χ0v) is 25.0. The number of piperidine rings is 1. The highest BCUT2D eigenvalue weighted by molar-refractivity contribution is 5.77. The second-order valence-electron chi connectivity index (χ2n) is 12.8. The van der Waals surface area contributed by atoms with E-state index in [1.807, 2.05) is 9.80 Å². The van der Waals surface area contributed by atoms with E-state index < -0.39 is 11.6 Å². The molecular formula is C32H51F2N3O2. The Bertz CT molecular complexity index is 930. The van der Waals surface area contributed by atoms with Crippen molar-refractivity contribution in [3.63, 3.8) is 0 Å². The van der Waals surface area contributed by atoms with Gasteiger partial charge in [-0.3, -0.25) is 14.5 Å². The SMILES string of the molecule is CC(C)(C)N1CC[C@H](c2ccc(F)cc2F)C1.CCN(CC)C(=O)CC1(C2CCCCC2)CCN(C=O)CC1. The van der Waals surface area contributed by atoms with Gasteiger partial charge in [-0.05, 0) is 96.2 Å². The minimum atomic E-state index is -0.503. The van der Waals surface area contributed by atoms with Crippen molar-refractivity contribution in [1.29, 1.82) is 0 Å². The van der Waals surface area contributed by atoms with E-state index in [1.165, 1.54) is 38.2 Å². The highest BCUT2D eigenvalue weighted by Gasteiger charge is 2.43. The van der Waals surface area contributed by atoms with E-state index >= 15 is 0 Å². The molecule has 0 radical (unpaired) electrons. The number of nitrogens with zero attached hydrogens (tertiary/aromatic N) is 3. The Balaban J connectivity index is 0.000000223. The average Bonchev–Trinajstić information content (AvgIpc) is 3.42. The molecule has 0 unspecified atom stereocenters. The lowest BCUT2D eigenvalue weighted by atomic mass is 9.62. The predicted octanol–water partition coefficient (Wildman–Crippen LogP) is 6.62. The molecule has 3 aliphatic rings. The lowest BCUT2D eigenvalue weighted by Crippen LogP contribution is -2.47. The predicted molar refractivity (Wildman–Crippen MR) is 153 cm³/mol. The van der Waals surface area contributed by atoms with E-state index in [4.69, 9.17) is 0 Å². The van der Waals surface area contributed by atoms with E-state index in [2.05, 4.69) is 39.5 Å². The molecule has 0 aromatic heterocycles. The van der Waals surface area contributed by atoms with Gasteiger partial charge in [0.25, 0.3) is 0 Å². The third kappa shape index (κ3) is 8.25. The standard InChI is InChI=1S/C18H32N2O2.C14H19F2N/c1-3-20(4-2)17(22)14-18(16-8-6-5-7-9-16)10-12-19(15-21)13-11-18;1-14(2,3)17-7-6-10(9-17)12-5-4-11(15)8-13(12)16/h15-16H,3-14H2,1-2H3;4-5,8,10H,6-7,9H2,1-3H3/t;10-/m.0/s1. The summed E-state index contributed by atoms with van der Waals surface area (Å²) in [6.07, 6.45) is 11.1. The summed E-state index contributed by atoms with van der Waals surface area (Å²) in [5, 5.41) is 0. The van der Waals surface area contributed by atoms with Gasteiger partial charge in [-0.25, -0.2) is 8.78 Å². The Morgan fingerprint density at radius 2 is 1.67 bits per heavy atom. The summed E-state index contributed by atoms with van der Waals surface area (Å²) < 4.78 is 26.5. The molecule has 2 amide bonds. The first-order valence-corrected chi connectivity index (χ1v) is 15.2. The zero-order valence-electron chi connectivity index (χ0n) is 25.0. The zero-order chi connectivity index (χ0) is 28.6. The number of carbonyl (C=O) groups excluding carboxylic acids is 2. The molecule has 2 saturated heterocycles. The number of rotatable bonds is 7. The number of amides is 2. The summed E-state index contributed by atoms with van der Waals surface area (Å²) in [5.74, 6) is 0.266. The summed E-state index contributed by atoms with van der Waals surface area (Å²) in [7, 11) is 0. The van der Waals surface area contributed by atoms with Crippen LogP contribution in [0.1, 0.15) is 104 Å². The van der Waals surface area contributed by atoms with Crippen LogP contribution in [0.5, 0.6) is 0 Å². The maximum atomic E-state index is 13.7. The van der Waals surface area contributed by atoms with Crippen molar-refractivity contribution in [1.82, 2.24) is 14.7 Å². The first kappa shape index (κ1) is 31.5. The normalized spacial score (nSPS) is 22.2. The van der Waals surface area contributed by atoms with Crippen LogP contribution in [0.25, 0.3) is 0 Å². The van der Waals surface area contributed by atoms with E-state index in [-0.39, 0.29) is 16.9 Å². The summed E-state index contributed by atoms with van der Waals surface area (Å²) in [5.41, 5.74) is 0.906. The van der Waals surface area contributed by atoms with Crippen LogP contribution in [0.3, 0.4) is 0 Å². The van der Waals surface area contributed by atoms with E-state index in [1.54, 1.807) is 6.07 Å². The molecule has 0 bridgehead atoms. The van der Waals surface area contributed by atoms with Gasteiger partial charge in [-0.2, -0.15) is 0 Å². The molecule has 1 atom stereocenters. The average molecular weight is 548 g/mol. The second-order valence-corrected chi connectivity index (χ2v) is 12.8. The minimum absolute atomic E-state index is 0.116. The molecule has 1 aromatic carbocycles. The number of halogens is 2. The lowest BCUT2D eigenvalue weighted by Gasteiger charge is -2.47. The largest absolute Gasteiger partial charge is 0.345 e. The quantitative estimate of drug-likeness (QED) is 0.361. The Hall–Kier alpha value is -2.02. The third-order valence-corrected chi connectivity index (χ3v) is 9.57. The fourth-order valence-electron chi connectivity index (χ4n) is 6.96. The molecule has 1 aliphatic carbocycles. The van der Waals surface area contributed by atoms with Crippen LogP contribution in [-0.2, 0) is 9.59 Å². The van der Waals surface area contributed by atoms with Gasteiger partial charge in [-0.15, -0.1) is 0 Å². The van der Waals surface area contributed by atoms with Crippen LogP contribution < -0.4 is 0 Å². The van der Waals surface area contributed by atoms with Gasteiger partial charge < -0.3 is 9.80 Å². The summed E-state index contributed by atoms with van der Waals surface area (Å²) in [4.78, 5) is 29.9. The van der Waals surface area contributed by atoms with Gasteiger partial charge in [-0.1, -0.05) is 25.3 Å². The van der Waals surface area contributed by atoms with Crippen molar-refractivity contribution >= 4 is 12.3 Å². The van der Waals surface area contributed by atoms with Crippen molar-refractivity contribution < 1.29 is 18.4 Å². The molecule has 220 valence electrons. The smallest absolute Gasteiger partial charge is 0.223 e. The van der Waals surface area contributed by atoms with Gasteiger partial charge >= 0.3 is 0 Å². The van der Waals surface area contributed by atoms with Crippen molar-refractivity contribution in [2.45, 2.75) is 104 Å². The van der Waals surface area contributed by atoms with E-state index in [0.29, 0.717) is 23.8 Å². The number of likely N-dealkylation sites (tertiary alicyclic amines) is 2. The summed E-state index contributed by atoms with van der Waals surface area (Å²) >= 11 is 0. The molecular weight excluding hydrogens is 496 g/mol. The van der Waals surface area contributed by atoms with Crippen molar-refractivity contribution in [2.24, 2.45) is 11.3 Å². The molecule has 2 heterocycles. The molecule has 7 heteroatoms. The second kappa shape index (κ2) is 14.0. The fourth-order valence-corrected chi connectivity index (χ4v) is 6.96. The van der Waals surface area contributed by atoms with Crippen molar-refractivity contribution in [2.75, 3.05) is 39.3 Å². The van der Waals surface area contributed by atoms with Gasteiger partial charge in [0.1, 0.15) is 11.6 Å². The molecule has 4 rings (SSSR count). The molecule has 1 saturated carbocycles. The van der Waals surface area contributed by atoms with Gasteiger partial charge in [0.05, 0.1) is 0 Å². The Morgan fingerprint density at radius 1 is 1.03 bits per heavy atom. The minimum Gasteiger partial charge on any atom is -0.345 e. The Morgan fingerprint density at radius 3 is 2.18 bits per heavy atom. The van der Waals surface area contributed by atoms with Crippen LogP contribution in [0.2, 0.25) is 0 Å². The number of benzene rings is 1. The van der Waals surface area contributed by atoms with Gasteiger partial charge in [0.15, 0.2) is 0 Å². The van der Waals surface area contributed by atoms with E-state index in [9.17, 15) is 18.4 Å². The van der Waals surface area contributed by atoms with Crippen LogP contribution in [0, 0.1) is 23.0 Å². The molecule has 2 aliphatic heterocycles. The molecule has 0 N–H and O–H groups in total. The van der Waals surface area contributed by atoms with Crippen LogP contribution in [0.15, 0.2) is 18.2 Å². The Labute approximate surface area is 235 Å². The number of hydrogen-bond donors (Lipinski definition) is 0. The number of carbonyl (C=O) groups is 2. The Kier molecular flexibility index (Phi) is 11.3. The van der Waals surface area contributed by atoms with Crippen molar-refractivity contribution in [3.05, 3.63) is 35.4 Å². The highest BCUT2D eigenvalue weighted by atomic mass is 19.1. The van der Waals surface area contributed by atoms with Crippen LogP contribution in [0.4, 0.5) is 8.78 Å². The van der Waals surface area contributed by atoms with Crippen LogP contribution in [-0.4, -0.2) is 71.8 Å². The monoisotopic (exact) mass is 547 g/mol. The molecule has 0 spiro atoms. The van der Waals surface area contributed by atoms with E-state index in [0.717, 1.165) is 71.0 Å². The third-order valence-electron chi connectivity index (χ3n) is 9.57. The molecule has 39 heavy (non-hydrogen) atoms. The van der Waals surface area contributed by atoms with Crippen molar-refractivity contribution in [3.8, 4) is 0 Å².